The predicted octanol–water partition coefficient (Wildman–Crippen LogP) is 2.03. The van der Waals surface area contributed by atoms with Crippen LogP contribution in [0.15, 0.2) is 18.3 Å². The number of hydrogen-bond acceptors (Lipinski definition) is 4. The zero-order valence-corrected chi connectivity index (χ0v) is 9.95. The lowest BCUT2D eigenvalue weighted by Crippen LogP contribution is -2.47. The molecule has 0 aliphatic heterocycles. The van der Waals surface area contributed by atoms with Gasteiger partial charge in [-0.2, -0.15) is 5.26 Å². The second-order valence-electron chi connectivity index (χ2n) is 4.79. The summed E-state index contributed by atoms with van der Waals surface area (Å²) in [5.74, 6) is 0.644. The van der Waals surface area contributed by atoms with Crippen LogP contribution in [0.25, 0.3) is 0 Å². The van der Waals surface area contributed by atoms with E-state index in [4.69, 9.17) is 11.0 Å². The number of rotatable bonds is 3. The minimum Gasteiger partial charge on any atom is -0.367 e. The highest BCUT2D eigenvalue weighted by atomic mass is 15.0. The van der Waals surface area contributed by atoms with E-state index in [0.717, 1.165) is 12.8 Å². The molecule has 1 fully saturated rings. The molecule has 0 aromatic carbocycles. The molecule has 1 saturated carbocycles. The summed E-state index contributed by atoms with van der Waals surface area (Å²) in [7, 11) is 0. The maximum absolute atomic E-state index is 8.96. The molecule has 2 rings (SSSR count). The van der Waals surface area contributed by atoms with Crippen molar-refractivity contribution < 1.29 is 0 Å². The Bertz CT molecular complexity index is 416. The van der Waals surface area contributed by atoms with E-state index in [9.17, 15) is 0 Å². The van der Waals surface area contributed by atoms with Gasteiger partial charge < -0.3 is 11.1 Å². The lowest BCUT2D eigenvalue weighted by Gasteiger charge is -2.33. The van der Waals surface area contributed by atoms with E-state index < -0.39 is 0 Å². The van der Waals surface area contributed by atoms with Gasteiger partial charge in [0.25, 0.3) is 0 Å². The average molecular weight is 230 g/mol. The number of pyridine rings is 1. The number of nitrogens with zero attached hydrogens (tertiary/aromatic N) is 2. The lowest BCUT2D eigenvalue weighted by molar-refractivity contribution is 0.311. The van der Waals surface area contributed by atoms with Gasteiger partial charge in [0.05, 0.1) is 5.56 Å². The molecule has 4 heteroatoms. The molecule has 1 heterocycles. The second-order valence-corrected chi connectivity index (χ2v) is 4.79. The third-order valence-corrected chi connectivity index (χ3v) is 3.39. The van der Waals surface area contributed by atoms with Crippen LogP contribution in [0.2, 0.25) is 0 Å². The van der Waals surface area contributed by atoms with E-state index in [1.165, 1.54) is 19.3 Å². The highest BCUT2D eigenvalue weighted by Crippen LogP contribution is 2.26. The number of aromatic nitrogens is 1. The number of anilines is 1. The van der Waals surface area contributed by atoms with E-state index >= 15 is 0 Å². The van der Waals surface area contributed by atoms with Gasteiger partial charge in [-0.15, -0.1) is 0 Å². The summed E-state index contributed by atoms with van der Waals surface area (Å²) < 4.78 is 0. The zero-order valence-electron chi connectivity index (χ0n) is 9.95. The first-order valence-electron chi connectivity index (χ1n) is 6.11. The van der Waals surface area contributed by atoms with E-state index in [-0.39, 0.29) is 5.54 Å². The highest BCUT2D eigenvalue weighted by molar-refractivity contribution is 5.51. The molecule has 0 bridgehead atoms. The minimum absolute atomic E-state index is 0.136. The Hall–Kier alpha value is -1.60. The molecule has 0 amide bonds. The van der Waals surface area contributed by atoms with Crippen LogP contribution in [0.5, 0.6) is 0 Å². The normalized spacial score (nSPS) is 18.4. The Morgan fingerprint density at radius 3 is 2.88 bits per heavy atom. The predicted molar refractivity (Wildman–Crippen MR) is 67.4 cm³/mol. The Morgan fingerprint density at radius 1 is 1.41 bits per heavy atom. The number of nitrogens with two attached hydrogens (primary N) is 1. The van der Waals surface area contributed by atoms with Crippen molar-refractivity contribution in [1.29, 1.82) is 5.26 Å². The molecule has 90 valence electrons. The first-order valence-corrected chi connectivity index (χ1v) is 6.11. The second kappa shape index (κ2) is 5.15. The lowest BCUT2D eigenvalue weighted by atomic mass is 9.82. The van der Waals surface area contributed by atoms with Crippen LogP contribution in [-0.4, -0.2) is 17.1 Å². The summed E-state index contributed by atoms with van der Waals surface area (Å²) in [6.07, 6.45) is 7.47. The molecule has 0 spiro atoms. The van der Waals surface area contributed by atoms with Gasteiger partial charge in [0.2, 0.25) is 0 Å². The summed E-state index contributed by atoms with van der Waals surface area (Å²) in [4.78, 5) is 4.18. The van der Waals surface area contributed by atoms with Crippen molar-refractivity contribution in [1.82, 2.24) is 4.98 Å². The van der Waals surface area contributed by atoms with Gasteiger partial charge in [0, 0.05) is 18.3 Å². The average Bonchev–Trinajstić information content (AvgIpc) is 2.38. The highest BCUT2D eigenvalue weighted by Gasteiger charge is 2.27. The molecule has 1 aliphatic rings. The molecule has 4 nitrogen and oxygen atoms in total. The van der Waals surface area contributed by atoms with Crippen LogP contribution >= 0.6 is 0 Å². The Balaban J connectivity index is 2.00. The fourth-order valence-electron chi connectivity index (χ4n) is 2.33. The van der Waals surface area contributed by atoms with E-state index in [0.29, 0.717) is 17.9 Å². The zero-order chi connectivity index (χ0) is 12.1. The topological polar surface area (TPSA) is 74.7 Å². The van der Waals surface area contributed by atoms with Crippen molar-refractivity contribution in [3.63, 3.8) is 0 Å². The largest absolute Gasteiger partial charge is 0.367 e. The van der Waals surface area contributed by atoms with Crippen molar-refractivity contribution in [2.45, 2.75) is 37.6 Å². The molecule has 1 aliphatic carbocycles. The summed E-state index contributed by atoms with van der Waals surface area (Å²) in [5, 5.41) is 12.2. The van der Waals surface area contributed by atoms with Gasteiger partial charge in [-0.1, -0.05) is 19.3 Å². The summed E-state index contributed by atoms with van der Waals surface area (Å²) >= 11 is 0. The Kier molecular flexibility index (Phi) is 3.60. The molecule has 0 unspecified atom stereocenters. The van der Waals surface area contributed by atoms with Crippen LogP contribution in [-0.2, 0) is 0 Å². The maximum atomic E-state index is 8.96. The third kappa shape index (κ3) is 2.95. The van der Waals surface area contributed by atoms with Gasteiger partial charge >= 0.3 is 0 Å². The molecule has 1 aromatic rings. The van der Waals surface area contributed by atoms with Crippen molar-refractivity contribution in [2.24, 2.45) is 5.73 Å². The van der Waals surface area contributed by atoms with Gasteiger partial charge in [0.1, 0.15) is 11.9 Å². The standard InChI is InChI=1S/C13H18N4/c14-9-11-5-4-8-16-12(11)17-10-13(15)6-2-1-3-7-13/h4-5,8H,1-3,6-7,10,15H2,(H,16,17). The van der Waals surface area contributed by atoms with Gasteiger partial charge in [-0.25, -0.2) is 4.98 Å². The molecule has 17 heavy (non-hydrogen) atoms. The maximum Gasteiger partial charge on any atom is 0.143 e. The molecule has 1 aromatic heterocycles. The van der Waals surface area contributed by atoms with E-state index in [2.05, 4.69) is 16.4 Å². The first kappa shape index (κ1) is 11.9. The van der Waals surface area contributed by atoms with Gasteiger partial charge in [-0.05, 0) is 25.0 Å². The summed E-state index contributed by atoms with van der Waals surface area (Å²) in [6.45, 7) is 0.693. The summed E-state index contributed by atoms with van der Waals surface area (Å²) in [6, 6.07) is 5.66. The van der Waals surface area contributed by atoms with Gasteiger partial charge in [-0.3, -0.25) is 0 Å². The van der Waals surface area contributed by atoms with Crippen LogP contribution in [0.3, 0.4) is 0 Å². The Morgan fingerprint density at radius 2 is 2.18 bits per heavy atom. The van der Waals surface area contributed by atoms with E-state index in [1.54, 1.807) is 18.3 Å². The quantitative estimate of drug-likeness (QED) is 0.833. The molecule has 0 radical (unpaired) electrons. The van der Waals surface area contributed by atoms with Crippen molar-refractivity contribution in [2.75, 3.05) is 11.9 Å². The van der Waals surface area contributed by atoms with Crippen molar-refractivity contribution in [3.05, 3.63) is 23.9 Å². The third-order valence-electron chi connectivity index (χ3n) is 3.39. The van der Waals surface area contributed by atoms with Gasteiger partial charge in [0.15, 0.2) is 0 Å². The van der Waals surface area contributed by atoms with Crippen LogP contribution in [0.4, 0.5) is 5.82 Å². The fourth-order valence-corrected chi connectivity index (χ4v) is 2.33. The van der Waals surface area contributed by atoms with Crippen LogP contribution in [0.1, 0.15) is 37.7 Å². The minimum atomic E-state index is -0.136. The number of hydrogen-bond donors (Lipinski definition) is 2. The smallest absolute Gasteiger partial charge is 0.143 e. The molecular weight excluding hydrogens is 212 g/mol. The summed E-state index contributed by atoms with van der Waals surface area (Å²) in [5.41, 5.74) is 6.76. The van der Waals surface area contributed by atoms with Crippen molar-refractivity contribution >= 4 is 5.82 Å². The van der Waals surface area contributed by atoms with E-state index in [1.807, 2.05) is 0 Å². The first-order chi connectivity index (χ1) is 8.23. The molecule has 0 atom stereocenters. The van der Waals surface area contributed by atoms with Crippen molar-refractivity contribution in [3.8, 4) is 6.07 Å². The molecular formula is C13H18N4. The fraction of sp³-hybridized carbons (Fsp3) is 0.538. The number of nitrogens with one attached hydrogen (secondary N) is 1. The Labute approximate surface area is 102 Å². The molecule has 3 N–H and O–H groups in total. The van der Waals surface area contributed by atoms with Crippen LogP contribution in [0, 0.1) is 11.3 Å². The monoisotopic (exact) mass is 230 g/mol. The number of nitriles is 1. The molecule has 0 saturated heterocycles. The van der Waals surface area contributed by atoms with Crippen LogP contribution < -0.4 is 11.1 Å². The SMILES string of the molecule is N#Cc1cccnc1NCC1(N)CCCCC1.